The Morgan fingerprint density at radius 1 is 1.17 bits per heavy atom. The fourth-order valence-corrected chi connectivity index (χ4v) is 2.01. The number of hydrogen-bond acceptors (Lipinski definition) is 4. The lowest BCUT2D eigenvalue weighted by molar-refractivity contribution is 0.0684. The second kappa shape index (κ2) is 4.77. The smallest absolute Gasteiger partial charge is 0.336 e. The van der Waals surface area contributed by atoms with Crippen LogP contribution < -0.4 is 0 Å². The van der Waals surface area contributed by atoms with Gasteiger partial charge >= 0.3 is 5.97 Å². The van der Waals surface area contributed by atoms with Crippen LogP contribution in [-0.2, 0) is 9.84 Å². The van der Waals surface area contributed by atoms with Crippen molar-refractivity contribution >= 4 is 21.7 Å². The quantitative estimate of drug-likeness (QED) is 0.863. The molecule has 1 aromatic rings. The third-order valence-electron chi connectivity index (χ3n) is 2.29. The van der Waals surface area contributed by atoms with Crippen molar-refractivity contribution in [1.82, 2.24) is 4.90 Å². The van der Waals surface area contributed by atoms with Gasteiger partial charge in [-0.25, -0.2) is 13.2 Å². The van der Waals surface area contributed by atoms with Gasteiger partial charge in [-0.15, -0.1) is 0 Å². The van der Waals surface area contributed by atoms with Gasteiger partial charge in [0.25, 0.3) is 5.91 Å². The molecule has 0 aliphatic rings. The van der Waals surface area contributed by atoms with Crippen LogP contribution in [-0.4, -0.2) is 50.7 Å². The molecular weight excluding hydrogens is 258 g/mol. The van der Waals surface area contributed by atoms with Crippen LogP contribution in [0.5, 0.6) is 0 Å². The fraction of sp³-hybridized carbons (Fsp3) is 0.273. The fourth-order valence-electron chi connectivity index (χ4n) is 1.36. The molecule has 0 spiro atoms. The van der Waals surface area contributed by atoms with Crippen LogP contribution in [0.4, 0.5) is 0 Å². The van der Waals surface area contributed by atoms with Crippen molar-refractivity contribution in [3.63, 3.8) is 0 Å². The summed E-state index contributed by atoms with van der Waals surface area (Å²) in [4.78, 5) is 23.9. The number of amides is 1. The SMILES string of the molecule is CN(C)C(=O)c1ccc(S(C)(=O)=O)cc1C(=O)O. The molecular formula is C11H13NO5S. The highest BCUT2D eigenvalue weighted by Gasteiger charge is 2.20. The van der Waals surface area contributed by atoms with E-state index in [0.29, 0.717) is 0 Å². The Hall–Kier alpha value is -1.89. The summed E-state index contributed by atoms with van der Waals surface area (Å²) in [6.45, 7) is 0. The summed E-state index contributed by atoms with van der Waals surface area (Å²) in [6, 6.07) is 3.43. The molecule has 1 amide bonds. The first-order chi connectivity index (χ1) is 8.14. The molecule has 0 unspecified atom stereocenters. The average Bonchev–Trinajstić information content (AvgIpc) is 2.25. The van der Waals surface area contributed by atoms with Crippen molar-refractivity contribution in [2.45, 2.75) is 4.90 Å². The van der Waals surface area contributed by atoms with E-state index in [2.05, 4.69) is 0 Å². The van der Waals surface area contributed by atoms with Crippen molar-refractivity contribution in [1.29, 1.82) is 0 Å². The summed E-state index contributed by atoms with van der Waals surface area (Å²) in [5, 5.41) is 9.02. The summed E-state index contributed by atoms with van der Waals surface area (Å²) in [5.41, 5.74) is -0.364. The number of sulfone groups is 1. The molecule has 1 rings (SSSR count). The minimum atomic E-state index is -3.51. The molecule has 98 valence electrons. The van der Waals surface area contributed by atoms with Crippen molar-refractivity contribution in [2.75, 3.05) is 20.4 Å². The van der Waals surface area contributed by atoms with Crippen LogP contribution >= 0.6 is 0 Å². The molecule has 0 aliphatic heterocycles. The van der Waals surface area contributed by atoms with Crippen LogP contribution in [0.3, 0.4) is 0 Å². The monoisotopic (exact) mass is 271 g/mol. The molecule has 0 bridgehead atoms. The number of carboxylic acid groups (broad SMARTS) is 1. The molecule has 0 aliphatic carbocycles. The van der Waals surface area contributed by atoms with E-state index in [-0.39, 0.29) is 16.0 Å². The maximum atomic E-state index is 11.7. The highest BCUT2D eigenvalue weighted by molar-refractivity contribution is 7.90. The van der Waals surface area contributed by atoms with Gasteiger partial charge in [0.2, 0.25) is 0 Å². The van der Waals surface area contributed by atoms with Gasteiger partial charge in [0.1, 0.15) is 0 Å². The first-order valence-corrected chi connectivity index (χ1v) is 6.83. The van der Waals surface area contributed by atoms with Crippen LogP contribution in [0, 0.1) is 0 Å². The van der Waals surface area contributed by atoms with Crippen molar-refractivity contribution in [3.8, 4) is 0 Å². The van der Waals surface area contributed by atoms with E-state index in [1.807, 2.05) is 0 Å². The lowest BCUT2D eigenvalue weighted by Crippen LogP contribution is -2.24. The van der Waals surface area contributed by atoms with Crippen LogP contribution in [0.15, 0.2) is 23.1 Å². The van der Waals surface area contributed by atoms with Gasteiger partial charge in [-0.3, -0.25) is 4.79 Å². The number of aromatic carboxylic acids is 1. The van der Waals surface area contributed by atoms with Crippen LogP contribution in [0.1, 0.15) is 20.7 Å². The van der Waals surface area contributed by atoms with E-state index in [0.717, 1.165) is 12.3 Å². The molecule has 0 aromatic heterocycles. The number of benzene rings is 1. The number of rotatable bonds is 3. The maximum Gasteiger partial charge on any atom is 0.336 e. The van der Waals surface area contributed by atoms with E-state index in [1.165, 1.54) is 31.1 Å². The largest absolute Gasteiger partial charge is 0.478 e. The third kappa shape index (κ3) is 2.86. The first-order valence-electron chi connectivity index (χ1n) is 4.93. The Labute approximate surface area is 105 Å². The molecule has 18 heavy (non-hydrogen) atoms. The summed E-state index contributed by atoms with van der Waals surface area (Å²) < 4.78 is 22.7. The average molecular weight is 271 g/mol. The molecule has 6 nitrogen and oxygen atoms in total. The molecule has 0 saturated heterocycles. The van der Waals surface area contributed by atoms with Crippen LogP contribution in [0.25, 0.3) is 0 Å². The molecule has 0 radical (unpaired) electrons. The van der Waals surface area contributed by atoms with Gasteiger partial charge in [-0.05, 0) is 18.2 Å². The lowest BCUT2D eigenvalue weighted by atomic mass is 10.1. The number of carbonyl (C=O) groups excluding carboxylic acids is 1. The van der Waals surface area contributed by atoms with E-state index < -0.39 is 21.7 Å². The van der Waals surface area contributed by atoms with E-state index in [1.54, 1.807) is 0 Å². The van der Waals surface area contributed by atoms with Crippen molar-refractivity contribution in [2.24, 2.45) is 0 Å². The number of carbonyl (C=O) groups is 2. The van der Waals surface area contributed by atoms with Crippen molar-refractivity contribution in [3.05, 3.63) is 29.3 Å². The molecule has 0 saturated carbocycles. The van der Waals surface area contributed by atoms with E-state index in [9.17, 15) is 18.0 Å². The van der Waals surface area contributed by atoms with Gasteiger partial charge in [0.15, 0.2) is 9.84 Å². The van der Waals surface area contributed by atoms with Gasteiger partial charge in [-0.1, -0.05) is 0 Å². The minimum absolute atomic E-state index is 0.0418. The number of nitrogens with zero attached hydrogens (tertiary/aromatic N) is 1. The molecule has 7 heteroatoms. The van der Waals surface area contributed by atoms with Gasteiger partial charge in [0.05, 0.1) is 16.0 Å². The third-order valence-corrected chi connectivity index (χ3v) is 3.40. The normalized spacial score (nSPS) is 11.1. The topological polar surface area (TPSA) is 91.8 Å². The Morgan fingerprint density at radius 3 is 2.11 bits per heavy atom. The second-order valence-corrected chi connectivity index (χ2v) is 6.00. The number of carboxylic acids is 1. The highest BCUT2D eigenvalue weighted by Crippen LogP contribution is 2.17. The molecule has 1 aromatic carbocycles. The zero-order valence-electron chi connectivity index (χ0n) is 10.2. The van der Waals surface area contributed by atoms with E-state index in [4.69, 9.17) is 5.11 Å². The molecule has 0 heterocycles. The molecule has 0 fully saturated rings. The predicted molar refractivity (Wildman–Crippen MR) is 64.5 cm³/mol. The Balaban J connectivity index is 3.49. The van der Waals surface area contributed by atoms with Gasteiger partial charge < -0.3 is 10.0 Å². The van der Waals surface area contributed by atoms with Crippen molar-refractivity contribution < 1.29 is 23.1 Å². The number of hydrogen-bond donors (Lipinski definition) is 1. The second-order valence-electron chi connectivity index (χ2n) is 3.98. The highest BCUT2D eigenvalue weighted by atomic mass is 32.2. The molecule has 0 atom stereocenters. The summed E-state index contributed by atoms with van der Waals surface area (Å²) >= 11 is 0. The molecule has 1 N–H and O–H groups in total. The van der Waals surface area contributed by atoms with Gasteiger partial charge in [-0.2, -0.15) is 0 Å². The standard InChI is InChI=1S/C11H13NO5S/c1-12(2)10(13)8-5-4-7(18(3,16)17)6-9(8)11(14)15/h4-6H,1-3H3,(H,14,15). The zero-order chi connectivity index (χ0) is 14.1. The Bertz CT molecular complexity index is 604. The van der Waals surface area contributed by atoms with E-state index >= 15 is 0 Å². The Morgan fingerprint density at radius 2 is 1.72 bits per heavy atom. The first kappa shape index (κ1) is 14.2. The Kier molecular flexibility index (Phi) is 3.76. The summed E-state index contributed by atoms with van der Waals surface area (Å²) in [6.07, 6.45) is 0.974. The van der Waals surface area contributed by atoms with Crippen LogP contribution in [0.2, 0.25) is 0 Å². The summed E-state index contributed by atoms with van der Waals surface area (Å²) in [7, 11) is -0.541. The lowest BCUT2D eigenvalue weighted by Gasteiger charge is -2.13. The summed E-state index contributed by atoms with van der Waals surface area (Å²) in [5.74, 6) is -1.84. The predicted octanol–water partition coefficient (Wildman–Crippen LogP) is 0.490. The zero-order valence-corrected chi connectivity index (χ0v) is 11.0. The maximum absolute atomic E-state index is 11.7. The van der Waals surface area contributed by atoms with Gasteiger partial charge in [0, 0.05) is 20.4 Å². The minimum Gasteiger partial charge on any atom is -0.478 e.